The second-order valence-corrected chi connectivity index (χ2v) is 3.78. The minimum atomic E-state index is -0.134. The average Bonchev–Trinajstić information content (AvgIpc) is 2.60. The molecule has 0 bridgehead atoms. The quantitative estimate of drug-likeness (QED) is 0.781. The van der Waals surface area contributed by atoms with Crippen molar-refractivity contribution in [3.63, 3.8) is 0 Å². The average molecular weight is 197 g/mol. The summed E-state index contributed by atoms with van der Waals surface area (Å²) in [6, 6.07) is 0.301. The van der Waals surface area contributed by atoms with Gasteiger partial charge in [-0.15, -0.1) is 10.2 Å². The van der Waals surface area contributed by atoms with Crippen LogP contribution < -0.4 is 5.73 Å². The van der Waals surface area contributed by atoms with E-state index < -0.39 is 0 Å². The fraction of sp³-hybridized carbons (Fsp3) is 0.778. The largest absolute Gasteiger partial charge is 0.422 e. The molecule has 14 heavy (non-hydrogen) atoms. The first kappa shape index (κ1) is 9.61. The van der Waals surface area contributed by atoms with Crippen molar-refractivity contribution in [3.05, 3.63) is 11.8 Å². The van der Waals surface area contributed by atoms with Crippen molar-refractivity contribution in [1.29, 1.82) is 0 Å². The molecule has 1 saturated carbocycles. The van der Waals surface area contributed by atoms with E-state index >= 15 is 0 Å². The summed E-state index contributed by atoms with van der Waals surface area (Å²) in [6.45, 7) is 1.88. The lowest BCUT2D eigenvalue weighted by molar-refractivity contribution is 0.0920. The summed E-state index contributed by atoms with van der Waals surface area (Å²) in [5.74, 6) is 1.60. The topological polar surface area (TPSA) is 74.2 Å². The third-order valence-electron chi connectivity index (χ3n) is 2.68. The van der Waals surface area contributed by atoms with Crippen LogP contribution in [-0.2, 0) is 4.74 Å². The number of ether oxygens (including phenoxy) is 1. The number of nitrogens with zero attached hydrogens (tertiary/aromatic N) is 2. The van der Waals surface area contributed by atoms with Gasteiger partial charge >= 0.3 is 0 Å². The molecule has 2 rings (SSSR count). The molecular weight excluding hydrogens is 182 g/mol. The molecule has 0 spiro atoms. The van der Waals surface area contributed by atoms with Crippen LogP contribution >= 0.6 is 0 Å². The fourth-order valence-electron chi connectivity index (χ4n) is 1.54. The Bertz CT molecular complexity index is 307. The number of aromatic nitrogens is 2. The number of nitrogens with two attached hydrogens (primary N) is 1. The predicted molar refractivity (Wildman–Crippen MR) is 49.7 cm³/mol. The van der Waals surface area contributed by atoms with E-state index in [1.165, 1.54) is 0 Å². The lowest BCUT2D eigenvalue weighted by atomic mass is 9.81. The Balaban J connectivity index is 2.03. The van der Waals surface area contributed by atoms with Crippen molar-refractivity contribution in [2.24, 2.45) is 5.73 Å². The van der Waals surface area contributed by atoms with E-state index in [0.29, 0.717) is 23.7 Å². The Hall–Kier alpha value is -0.940. The molecule has 5 nitrogen and oxygen atoms in total. The van der Waals surface area contributed by atoms with Gasteiger partial charge in [-0.1, -0.05) is 0 Å². The molecule has 1 aromatic rings. The van der Waals surface area contributed by atoms with Gasteiger partial charge in [0.15, 0.2) is 0 Å². The van der Waals surface area contributed by atoms with E-state index in [2.05, 4.69) is 10.2 Å². The molecule has 1 aliphatic carbocycles. The normalized spacial score (nSPS) is 28.5. The van der Waals surface area contributed by atoms with Gasteiger partial charge in [0.25, 0.3) is 0 Å². The molecule has 0 radical (unpaired) electrons. The molecule has 0 unspecified atom stereocenters. The standard InChI is InChI=1S/C9H15N3O2/c1-5(13-2)8-11-12-9(14-8)6-3-7(10)4-6/h5-7H,3-4,10H2,1-2H3/t5-,6-,7-/m1/s1. The Labute approximate surface area is 82.6 Å². The van der Waals surface area contributed by atoms with E-state index in [1.807, 2.05) is 6.92 Å². The van der Waals surface area contributed by atoms with Crippen LogP contribution in [0.15, 0.2) is 4.42 Å². The van der Waals surface area contributed by atoms with E-state index in [9.17, 15) is 0 Å². The van der Waals surface area contributed by atoms with Gasteiger partial charge in [-0.05, 0) is 19.8 Å². The van der Waals surface area contributed by atoms with Crippen molar-refractivity contribution < 1.29 is 9.15 Å². The zero-order valence-electron chi connectivity index (χ0n) is 8.43. The minimum absolute atomic E-state index is 0.134. The van der Waals surface area contributed by atoms with E-state index in [-0.39, 0.29) is 6.10 Å². The summed E-state index contributed by atoms with van der Waals surface area (Å²) in [5.41, 5.74) is 5.68. The lowest BCUT2D eigenvalue weighted by Crippen LogP contribution is -2.34. The molecule has 1 aliphatic rings. The Morgan fingerprint density at radius 1 is 1.50 bits per heavy atom. The Morgan fingerprint density at radius 3 is 2.79 bits per heavy atom. The van der Waals surface area contributed by atoms with Crippen LogP contribution in [0.1, 0.15) is 43.6 Å². The second kappa shape index (κ2) is 3.67. The van der Waals surface area contributed by atoms with Crippen molar-refractivity contribution >= 4 is 0 Å². The number of methoxy groups -OCH3 is 1. The molecule has 0 aromatic carbocycles. The van der Waals surface area contributed by atoms with Gasteiger partial charge in [0, 0.05) is 19.1 Å². The zero-order chi connectivity index (χ0) is 10.1. The zero-order valence-corrected chi connectivity index (χ0v) is 8.43. The summed E-state index contributed by atoms with van der Waals surface area (Å²) in [7, 11) is 1.62. The van der Waals surface area contributed by atoms with E-state index in [4.69, 9.17) is 14.9 Å². The predicted octanol–water partition coefficient (Wildman–Crippen LogP) is 0.982. The molecule has 1 heterocycles. The molecular formula is C9H15N3O2. The van der Waals surface area contributed by atoms with Gasteiger partial charge in [0.05, 0.1) is 0 Å². The van der Waals surface area contributed by atoms with Crippen molar-refractivity contribution in [3.8, 4) is 0 Å². The highest BCUT2D eigenvalue weighted by molar-refractivity contribution is 5.01. The molecule has 1 atom stereocenters. The molecule has 0 amide bonds. The van der Waals surface area contributed by atoms with Gasteiger partial charge in [-0.3, -0.25) is 0 Å². The summed E-state index contributed by atoms with van der Waals surface area (Å²) < 4.78 is 10.6. The first-order chi connectivity index (χ1) is 6.70. The minimum Gasteiger partial charge on any atom is -0.422 e. The van der Waals surface area contributed by atoms with Crippen molar-refractivity contribution in [1.82, 2.24) is 10.2 Å². The second-order valence-electron chi connectivity index (χ2n) is 3.78. The van der Waals surface area contributed by atoms with Crippen LogP contribution in [0.4, 0.5) is 0 Å². The summed E-state index contributed by atoms with van der Waals surface area (Å²) in [4.78, 5) is 0. The van der Waals surface area contributed by atoms with Crippen LogP contribution in [0.5, 0.6) is 0 Å². The SMILES string of the molecule is CO[C@H](C)c1nnc([C@H]2C[C@H](N)C2)o1. The molecule has 1 aromatic heterocycles. The first-order valence-corrected chi connectivity index (χ1v) is 4.82. The highest BCUT2D eigenvalue weighted by atomic mass is 16.5. The summed E-state index contributed by atoms with van der Waals surface area (Å²) in [5, 5.41) is 7.92. The number of rotatable bonds is 3. The lowest BCUT2D eigenvalue weighted by Gasteiger charge is -2.29. The maximum Gasteiger partial charge on any atom is 0.244 e. The number of hydrogen-bond acceptors (Lipinski definition) is 5. The fourth-order valence-corrected chi connectivity index (χ4v) is 1.54. The maximum atomic E-state index is 5.68. The third kappa shape index (κ3) is 1.65. The van der Waals surface area contributed by atoms with E-state index in [0.717, 1.165) is 12.8 Å². The van der Waals surface area contributed by atoms with E-state index in [1.54, 1.807) is 7.11 Å². The molecule has 5 heteroatoms. The molecule has 1 fully saturated rings. The van der Waals surface area contributed by atoms with Gasteiger partial charge in [-0.25, -0.2) is 0 Å². The van der Waals surface area contributed by atoms with Crippen LogP contribution in [0.2, 0.25) is 0 Å². The van der Waals surface area contributed by atoms with Crippen LogP contribution in [0, 0.1) is 0 Å². The molecule has 0 aliphatic heterocycles. The van der Waals surface area contributed by atoms with Gasteiger partial charge < -0.3 is 14.9 Å². The molecule has 78 valence electrons. The smallest absolute Gasteiger partial charge is 0.244 e. The van der Waals surface area contributed by atoms with Crippen molar-refractivity contribution in [2.45, 2.75) is 37.8 Å². The molecule has 0 saturated heterocycles. The third-order valence-corrected chi connectivity index (χ3v) is 2.68. The highest BCUT2D eigenvalue weighted by Crippen LogP contribution is 2.35. The monoisotopic (exact) mass is 197 g/mol. The number of hydrogen-bond donors (Lipinski definition) is 1. The van der Waals surface area contributed by atoms with Crippen LogP contribution in [0.25, 0.3) is 0 Å². The summed E-state index contributed by atoms with van der Waals surface area (Å²) in [6.07, 6.45) is 1.76. The summed E-state index contributed by atoms with van der Waals surface area (Å²) >= 11 is 0. The highest BCUT2D eigenvalue weighted by Gasteiger charge is 2.32. The van der Waals surface area contributed by atoms with Gasteiger partial charge in [0.2, 0.25) is 11.8 Å². The van der Waals surface area contributed by atoms with Crippen LogP contribution in [0.3, 0.4) is 0 Å². The van der Waals surface area contributed by atoms with Gasteiger partial charge in [-0.2, -0.15) is 0 Å². The van der Waals surface area contributed by atoms with Crippen LogP contribution in [-0.4, -0.2) is 23.3 Å². The molecule has 2 N–H and O–H groups in total. The van der Waals surface area contributed by atoms with Gasteiger partial charge in [0.1, 0.15) is 6.10 Å². The Kier molecular flexibility index (Phi) is 2.52. The Morgan fingerprint density at radius 2 is 2.21 bits per heavy atom. The first-order valence-electron chi connectivity index (χ1n) is 4.82. The van der Waals surface area contributed by atoms with Crippen molar-refractivity contribution in [2.75, 3.05) is 7.11 Å². The maximum absolute atomic E-state index is 5.68.